The highest BCUT2D eigenvalue weighted by Crippen LogP contribution is 2.23. The van der Waals surface area contributed by atoms with Crippen molar-refractivity contribution in [2.45, 2.75) is 25.9 Å². The Morgan fingerprint density at radius 2 is 2.10 bits per heavy atom. The number of hydrogen-bond acceptors (Lipinski definition) is 3. The standard InChI is InChI=1S/C15H16ClN3O/c1-2-19-12-6-4-3-5-11(12)18-15(19)9-10(17)13-7-8-14(16)20-13/h3-8,10H,2,9,17H2,1H3. The molecule has 0 aliphatic rings. The lowest BCUT2D eigenvalue weighted by molar-refractivity contribution is 0.459. The van der Waals surface area contributed by atoms with E-state index < -0.39 is 0 Å². The molecule has 0 amide bonds. The molecule has 4 nitrogen and oxygen atoms in total. The van der Waals surface area contributed by atoms with Gasteiger partial charge in [0.15, 0.2) is 5.22 Å². The van der Waals surface area contributed by atoms with Gasteiger partial charge in [-0.25, -0.2) is 4.98 Å². The van der Waals surface area contributed by atoms with E-state index in [-0.39, 0.29) is 6.04 Å². The van der Waals surface area contributed by atoms with E-state index in [1.54, 1.807) is 6.07 Å². The molecular weight excluding hydrogens is 274 g/mol. The Morgan fingerprint density at radius 1 is 1.30 bits per heavy atom. The molecule has 2 N–H and O–H groups in total. The van der Waals surface area contributed by atoms with E-state index in [2.05, 4.69) is 22.5 Å². The van der Waals surface area contributed by atoms with Crippen LogP contribution < -0.4 is 5.73 Å². The molecule has 0 bridgehead atoms. The number of halogens is 1. The van der Waals surface area contributed by atoms with Crippen molar-refractivity contribution >= 4 is 22.6 Å². The highest BCUT2D eigenvalue weighted by molar-refractivity contribution is 6.28. The molecule has 5 heteroatoms. The average molecular weight is 290 g/mol. The number of aryl methyl sites for hydroxylation is 1. The Balaban J connectivity index is 1.94. The Hall–Kier alpha value is -1.78. The molecule has 2 aromatic heterocycles. The fourth-order valence-corrected chi connectivity index (χ4v) is 2.61. The third kappa shape index (κ3) is 2.32. The fraction of sp³-hybridized carbons (Fsp3) is 0.267. The summed E-state index contributed by atoms with van der Waals surface area (Å²) in [6.07, 6.45) is 0.617. The molecule has 20 heavy (non-hydrogen) atoms. The van der Waals surface area contributed by atoms with Gasteiger partial charge in [-0.15, -0.1) is 0 Å². The number of benzene rings is 1. The van der Waals surface area contributed by atoms with Crippen molar-refractivity contribution in [2.24, 2.45) is 5.73 Å². The van der Waals surface area contributed by atoms with Crippen molar-refractivity contribution in [1.29, 1.82) is 0 Å². The monoisotopic (exact) mass is 289 g/mol. The van der Waals surface area contributed by atoms with Crippen LogP contribution in [0.4, 0.5) is 0 Å². The SMILES string of the molecule is CCn1c(CC(N)c2ccc(Cl)o2)nc2ccccc21. The van der Waals surface area contributed by atoms with Gasteiger partial charge >= 0.3 is 0 Å². The molecule has 0 radical (unpaired) electrons. The zero-order chi connectivity index (χ0) is 14.1. The molecule has 3 rings (SSSR count). The molecule has 104 valence electrons. The van der Waals surface area contributed by atoms with Crippen LogP contribution in [0.3, 0.4) is 0 Å². The molecule has 0 saturated heterocycles. The normalized spacial score (nSPS) is 12.9. The van der Waals surface area contributed by atoms with Crippen molar-refractivity contribution in [3.05, 3.63) is 53.2 Å². The topological polar surface area (TPSA) is 57.0 Å². The van der Waals surface area contributed by atoms with Crippen molar-refractivity contribution in [1.82, 2.24) is 9.55 Å². The number of nitrogens with two attached hydrogens (primary N) is 1. The van der Waals surface area contributed by atoms with Crippen LogP contribution in [0, 0.1) is 0 Å². The van der Waals surface area contributed by atoms with E-state index in [4.69, 9.17) is 21.8 Å². The van der Waals surface area contributed by atoms with Crippen LogP contribution in [0.5, 0.6) is 0 Å². The Labute approximate surface area is 122 Å². The summed E-state index contributed by atoms with van der Waals surface area (Å²) in [5.74, 6) is 1.65. The Bertz CT molecular complexity index is 732. The molecule has 1 unspecified atom stereocenters. The van der Waals surface area contributed by atoms with E-state index in [9.17, 15) is 0 Å². The second-order valence-corrected chi connectivity index (χ2v) is 5.09. The van der Waals surface area contributed by atoms with Gasteiger partial charge in [0.2, 0.25) is 0 Å². The highest BCUT2D eigenvalue weighted by Gasteiger charge is 2.16. The van der Waals surface area contributed by atoms with Gasteiger partial charge in [-0.1, -0.05) is 12.1 Å². The summed E-state index contributed by atoms with van der Waals surface area (Å²) in [4.78, 5) is 4.66. The second-order valence-electron chi connectivity index (χ2n) is 4.71. The summed E-state index contributed by atoms with van der Waals surface area (Å²) in [5, 5.41) is 0.361. The van der Waals surface area contributed by atoms with Crippen LogP contribution >= 0.6 is 11.6 Å². The lowest BCUT2D eigenvalue weighted by Gasteiger charge is -2.10. The van der Waals surface area contributed by atoms with Crippen LogP contribution in [-0.2, 0) is 13.0 Å². The van der Waals surface area contributed by atoms with Crippen molar-refractivity contribution in [3.8, 4) is 0 Å². The number of aromatic nitrogens is 2. The quantitative estimate of drug-likeness (QED) is 0.799. The molecule has 0 fully saturated rings. The van der Waals surface area contributed by atoms with Crippen LogP contribution in [0.2, 0.25) is 5.22 Å². The maximum Gasteiger partial charge on any atom is 0.193 e. The number of fused-ring (bicyclic) bond motifs is 1. The third-order valence-corrected chi connectivity index (χ3v) is 3.61. The van der Waals surface area contributed by atoms with E-state index in [1.165, 1.54) is 0 Å². The molecule has 2 heterocycles. The number of rotatable bonds is 4. The van der Waals surface area contributed by atoms with E-state index in [1.807, 2.05) is 24.3 Å². The predicted octanol–water partition coefficient (Wildman–Crippen LogP) is 3.55. The van der Waals surface area contributed by atoms with Gasteiger partial charge in [-0.2, -0.15) is 0 Å². The van der Waals surface area contributed by atoms with Crippen molar-refractivity contribution in [2.75, 3.05) is 0 Å². The minimum Gasteiger partial charge on any atom is -0.448 e. The summed E-state index contributed by atoms with van der Waals surface area (Å²) in [5.41, 5.74) is 8.31. The van der Waals surface area contributed by atoms with Gasteiger partial charge < -0.3 is 14.7 Å². The predicted molar refractivity (Wildman–Crippen MR) is 79.8 cm³/mol. The lowest BCUT2D eigenvalue weighted by Crippen LogP contribution is -2.15. The molecule has 0 aliphatic carbocycles. The minimum atomic E-state index is -0.246. The number of hydrogen-bond donors (Lipinski definition) is 1. The van der Waals surface area contributed by atoms with Gasteiger partial charge in [0.25, 0.3) is 0 Å². The first kappa shape index (κ1) is 13.2. The summed E-state index contributed by atoms with van der Waals surface area (Å²) >= 11 is 5.79. The van der Waals surface area contributed by atoms with Crippen LogP contribution in [-0.4, -0.2) is 9.55 Å². The summed E-state index contributed by atoms with van der Waals surface area (Å²) in [6.45, 7) is 2.97. The fourth-order valence-electron chi connectivity index (χ4n) is 2.46. The summed E-state index contributed by atoms with van der Waals surface area (Å²) in [6, 6.07) is 11.4. The minimum absolute atomic E-state index is 0.246. The Kier molecular flexibility index (Phi) is 3.51. The lowest BCUT2D eigenvalue weighted by atomic mass is 10.1. The molecule has 1 atom stereocenters. The highest BCUT2D eigenvalue weighted by atomic mass is 35.5. The summed E-state index contributed by atoms with van der Waals surface area (Å²) < 4.78 is 7.55. The van der Waals surface area contributed by atoms with Gasteiger partial charge in [-0.3, -0.25) is 0 Å². The molecule has 3 aromatic rings. The zero-order valence-electron chi connectivity index (χ0n) is 11.2. The van der Waals surface area contributed by atoms with Gasteiger partial charge in [-0.05, 0) is 42.8 Å². The zero-order valence-corrected chi connectivity index (χ0v) is 12.0. The molecule has 0 saturated carbocycles. The molecule has 0 spiro atoms. The smallest absolute Gasteiger partial charge is 0.193 e. The first-order valence-corrected chi connectivity index (χ1v) is 7.01. The molecular formula is C15H16ClN3O. The van der Waals surface area contributed by atoms with Crippen molar-refractivity contribution < 1.29 is 4.42 Å². The maximum atomic E-state index is 6.18. The number of nitrogens with zero attached hydrogens (tertiary/aromatic N) is 2. The molecule has 1 aromatic carbocycles. The first-order chi connectivity index (χ1) is 9.69. The van der Waals surface area contributed by atoms with E-state index in [0.29, 0.717) is 17.4 Å². The number of para-hydroxylation sites is 2. The second kappa shape index (κ2) is 5.31. The Morgan fingerprint density at radius 3 is 2.80 bits per heavy atom. The number of imidazole rings is 1. The van der Waals surface area contributed by atoms with Crippen LogP contribution in [0.1, 0.15) is 24.6 Å². The molecule has 0 aliphatic heterocycles. The third-order valence-electron chi connectivity index (χ3n) is 3.41. The van der Waals surface area contributed by atoms with Crippen LogP contribution in [0.25, 0.3) is 11.0 Å². The van der Waals surface area contributed by atoms with E-state index in [0.717, 1.165) is 23.4 Å². The summed E-state index contributed by atoms with van der Waals surface area (Å²) in [7, 11) is 0. The average Bonchev–Trinajstić information content (AvgIpc) is 3.01. The number of furan rings is 1. The first-order valence-electron chi connectivity index (χ1n) is 6.64. The van der Waals surface area contributed by atoms with Gasteiger partial charge in [0.05, 0.1) is 17.1 Å². The largest absolute Gasteiger partial charge is 0.448 e. The van der Waals surface area contributed by atoms with Crippen LogP contribution in [0.15, 0.2) is 40.8 Å². The van der Waals surface area contributed by atoms with Crippen molar-refractivity contribution in [3.63, 3.8) is 0 Å². The van der Waals surface area contributed by atoms with E-state index >= 15 is 0 Å². The van der Waals surface area contributed by atoms with Gasteiger partial charge in [0, 0.05) is 13.0 Å². The van der Waals surface area contributed by atoms with Gasteiger partial charge in [0.1, 0.15) is 11.6 Å². The maximum absolute atomic E-state index is 6.18.